The van der Waals surface area contributed by atoms with Gasteiger partial charge < -0.3 is 15.6 Å². The van der Waals surface area contributed by atoms with Gasteiger partial charge in [0.1, 0.15) is 0 Å². The van der Waals surface area contributed by atoms with E-state index in [-0.39, 0.29) is 0 Å². The lowest BCUT2D eigenvalue weighted by molar-refractivity contribution is 0.545. The first-order valence-corrected chi connectivity index (χ1v) is 6.62. The number of benzene rings is 1. The van der Waals surface area contributed by atoms with Crippen molar-refractivity contribution in [2.45, 2.75) is 20.3 Å². The molecule has 18 heavy (non-hydrogen) atoms. The number of nitrogens with zero attached hydrogens (tertiary/aromatic N) is 1. The van der Waals surface area contributed by atoms with Crippen molar-refractivity contribution in [3.63, 3.8) is 0 Å². The molecule has 0 saturated carbocycles. The molecule has 3 N–H and O–H groups in total. The van der Waals surface area contributed by atoms with E-state index in [0.29, 0.717) is 5.92 Å². The van der Waals surface area contributed by atoms with Crippen LogP contribution in [0.5, 0.6) is 0 Å². The van der Waals surface area contributed by atoms with Gasteiger partial charge in [-0.05, 0) is 31.9 Å². The molecule has 1 aromatic heterocycles. The quantitative estimate of drug-likeness (QED) is 0.850. The van der Waals surface area contributed by atoms with Gasteiger partial charge in [0.25, 0.3) is 0 Å². The third kappa shape index (κ3) is 2.51. The number of aromatic nitrogens is 1. The zero-order chi connectivity index (χ0) is 13.1. The van der Waals surface area contributed by atoms with Crippen molar-refractivity contribution in [3.05, 3.63) is 30.0 Å². The first kappa shape index (κ1) is 13.0. The molecular formula is C15H23N3. The molecule has 3 heteroatoms. The molecule has 3 nitrogen and oxygen atoms in total. The molecule has 0 bridgehead atoms. The summed E-state index contributed by atoms with van der Waals surface area (Å²) in [6.07, 6.45) is 1.13. The lowest BCUT2D eigenvalue weighted by atomic mass is 10.1. The second kappa shape index (κ2) is 5.44. The number of H-pyrrole nitrogens is 1. The Morgan fingerprint density at radius 1 is 1.33 bits per heavy atom. The van der Waals surface area contributed by atoms with Gasteiger partial charge in [-0.1, -0.05) is 25.1 Å². The van der Waals surface area contributed by atoms with Crippen molar-refractivity contribution in [1.82, 2.24) is 4.98 Å². The summed E-state index contributed by atoms with van der Waals surface area (Å²) in [7, 11) is 2.16. The van der Waals surface area contributed by atoms with E-state index in [9.17, 15) is 0 Å². The van der Waals surface area contributed by atoms with E-state index >= 15 is 0 Å². The highest BCUT2D eigenvalue weighted by Crippen LogP contribution is 2.30. The molecule has 1 aromatic carbocycles. The van der Waals surface area contributed by atoms with Crippen LogP contribution < -0.4 is 10.6 Å². The van der Waals surface area contributed by atoms with Crippen molar-refractivity contribution in [3.8, 4) is 0 Å². The Morgan fingerprint density at radius 3 is 2.78 bits per heavy atom. The number of aryl methyl sites for hydroxylation is 1. The molecule has 0 saturated heterocycles. The summed E-state index contributed by atoms with van der Waals surface area (Å²) in [6, 6.07) is 8.47. The van der Waals surface area contributed by atoms with Crippen LogP contribution in [0.3, 0.4) is 0 Å². The molecule has 98 valence electrons. The highest BCUT2D eigenvalue weighted by molar-refractivity contribution is 5.94. The van der Waals surface area contributed by atoms with E-state index < -0.39 is 0 Å². The Labute approximate surface area is 109 Å². The summed E-state index contributed by atoms with van der Waals surface area (Å²) in [5.74, 6) is 0.581. The third-order valence-electron chi connectivity index (χ3n) is 3.60. The summed E-state index contributed by atoms with van der Waals surface area (Å²) in [4.78, 5) is 5.78. The number of nitrogens with two attached hydrogens (primary N) is 1. The van der Waals surface area contributed by atoms with Gasteiger partial charge in [0.2, 0.25) is 0 Å². The van der Waals surface area contributed by atoms with Crippen molar-refractivity contribution < 1.29 is 0 Å². The summed E-state index contributed by atoms with van der Waals surface area (Å²) >= 11 is 0. The molecule has 1 atom stereocenters. The van der Waals surface area contributed by atoms with Gasteiger partial charge in [0.15, 0.2) is 0 Å². The van der Waals surface area contributed by atoms with E-state index in [1.54, 1.807) is 0 Å². The van der Waals surface area contributed by atoms with E-state index in [2.05, 4.69) is 55.0 Å². The average molecular weight is 245 g/mol. The van der Waals surface area contributed by atoms with Gasteiger partial charge in [-0.25, -0.2) is 0 Å². The molecule has 1 heterocycles. The van der Waals surface area contributed by atoms with E-state index in [1.807, 2.05) is 0 Å². The molecule has 0 fully saturated rings. The Morgan fingerprint density at radius 2 is 2.06 bits per heavy atom. The topological polar surface area (TPSA) is 45.0 Å². The number of anilines is 1. The number of aromatic amines is 1. The number of nitrogens with one attached hydrogen (secondary N) is 1. The van der Waals surface area contributed by atoms with Crippen LogP contribution in [-0.4, -0.2) is 25.1 Å². The molecule has 1 unspecified atom stereocenters. The van der Waals surface area contributed by atoms with E-state index in [0.717, 1.165) is 19.5 Å². The summed E-state index contributed by atoms with van der Waals surface area (Å²) in [6.45, 7) is 6.15. The lowest BCUT2D eigenvalue weighted by Crippen LogP contribution is -2.23. The molecule has 2 aromatic rings. The Hall–Kier alpha value is -1.48. The maximum atomic E-state index is 5.67. The molecule has 0 aliphatic heterocycles. The number of hydrogen-bond donors (Lipinski definition) is 2. The zero-order valence-corrected chi connectivity index (χ0v) is 11.5. The summed E-state index contributed by atoms with van der Waals surface area (Å²) in [5, 5.41) is 1.30. The molecule has 0 spiro atoms. The Balaban J connectivity index is 2.21. The zero-order valence-electron chi connectivity index (χ0n) is 11.5. The smallest absolute Gasteiger partial charge is 0.0651 e. The maximum absolute atomic E-state index is 5.67. The minimum absolute atomic E-state index is 0.581. The number of rotatable bonds is 5. The van der Waals surface area contributed by atoms with E-state index in [1.165, 1.54) is 22.3 Å². The fraction of sp³-hybridized carbons (Fsp3) is 0.467. The van der Waals surface area contributed by atoms with Gasteiger partial charge in [-0.15, -0.1) is 0 Å². The Kier molecular flexibility index (Phi) is 3.92. The number of fused-ring (bicyclic) bond motifs is 1. The SMILES string of the molecule is Cc1[nH]c2ccccc2c1N(C)CCC(C)CN. The summed E-state index contributed by atoms with van der Waals surface area (Å²) < 4.78 is 0. The first-order chi connectivity index (χ1) is 8.63. The van der Waals surface area contributed by atoms with Crippen LogP contribution in [-0.2, 0) is 0 Å². The second-order valence-corrected chi connectivity index (χ2v) is 5.20. The standard InChI is InChI=1S/C15H23N3/c1-11(10-16)8-9-18(3)15-12(2)17-14-7-5-4-6-13(14)15/h4-7,11,17H,8-10,16H2,1-3H3. The summed E-state index contributed by atoms with van der Waals surface area (Å²) in [5.41, 5.74) is 9.43. The van der Waals surface area contributed by atoms with Crippen molar-refractivity contribution in [2.24, 2.45) is 11.7 Å². The first-order valence-electron chi connectivity index (χ1n) is 6.62. The van der Waals surface area contributed by atoms with Crippen LogP contribution >= 0.6 is 0 Å². The highest BCUT2D eigenvalue weighted by atomic mass is 15.1. The minimum atomic E-state index is 0.581. The third-order valence-corrected chi connectivity index (χ3v) is 3.60. The van der Waals surface area contributed by atoms with Gasteiger partial charge in [-0.3, -0.25) is 0 Å². The van der Waals surface area contributed by atoms with Crippen LogP contribution in [0.2, 0.25) is 0 Å². The van der Waals surface area contributed by atoms with Gasteiger partial charge in [0, 0.05) is 30.2 Å². The molecule has 0 amide bonds. The fourth-order valence-electron chi connectivity index (χ4n) is 2.40. The predicted molar refractivity (Wildman–Crippen MR) is 79.1 cm³/mol. The molecule has 0 aliphatic rings. The monoisotopic (exact) mass is 245 g/mol. The maximum Gasteiger partial charge on any atom is 0.0651 e. The largest absolute Gasteiger partial charge is 0.373 e. The Bertz CT molecular complexity index is 515. The van der Waals surface area contributed by atoms with Gasteiger partial charge in [0.05, 0.1) is 5.69 Å². The minimum Gasteiger partial charge on any atom is -0.373 e. The second-order valence-electron chi connectivity index (χ2n) is 5.20. The highest BCUT2D eigenvalue weighted by Gasteiger charge is 2.12. The van der Waals surface area contributed by atoms with Crippen LogP contribution in [0.4, 0.5) is 5.69 Å². The van der Waals surface area contributed by atoms with Gasteiger partial charge >= 0.3 is 0 Å². The van der Waals surface area contributed by atoms with Gasteiger partial charge in [-0.2, -0.15) is 0 Å². The lowest BCUT2D eigenvalue weighted by Gasteiger charge is -2.21. The van der Waals surface area contributed by atoms with Crippen molar-refractivity contribution in [2.75, 3.05) is 25.0 Å². The van der Waals surface area contributed by atoms with Crippen LogP contribution in [0.25, 0.3) is 10.9 Å². The molecule has 0 radical (unpaired) electrons. The fourth-order valence-corrected chi connectivity index (χ4v) is 2.40. The normalized spacial score (nSPS) is 12.9. The molecular weight excluding hydrogens is 222 g/mol. The number of para-hydroxylation sites is 1. The van der Waals surface area contributed by atoms with Crippen LogP contribution in [0, 0.1) is 12.8 Å². The van der Waals surface area contributed by atoms with Crippen molar-refractivity contribution in [1.29, 1.82) is 0 Å². The van der Waals surface area contributed by atoms with Crippen LogP contribution in [0.1, 0.15) is 19.0 Å². The average Bonchev–Trinajstić information content (AvgIpc) is 2.71. The number of hydrogen-bond acceptors (Lipinski definition) is 2. The molecule has 2 rings (SSSR count). The van der Waals surface area contributed by atoms with Crippen LogP contribution in [0.15, 0.2) is 24.3 Å². The molecule has 0 aliphatic carbocycles. The van der Waals surface area contributed by atoms with E-state index in [4.69, 9.17) is 5.73 Å². The predicted octanol–water partition coefficient (Wildman–Crippen LogP) is 2.90. The van der Waals surface area contributed by atoms with Crippen molar-refractivity contribution >= 4 is 16.6 Å².